The van der Waals surface area contributed by atoms with E-state index in [-0.39, 0.29) is 23.0 Å². The molecule has 0 saturated carbocycles. The van der Waals surface area contributed by atoms with Crippen LogP contribution >= 0.6 is 11.6 Å². The third-order valence-electron chi connectivity index (χ3n) is 6.25. The fourth-order valence-corrected chi connectivity index (χ4v) is 5.81. The van der Waals surface area contributed by atoms with Gasteiger partial charge in [0.2, 0.25) is 11.8 Å². The highest BCUT2D eigenvalue weighted by molar-refractivity contribution is 7.92. The Morgan fingerprint density at radius 3 is 2.23 bits per heavy atom. The highest BCUT2D eigenvalue weighted by Gasteiger charge is 2.34. The van der Waals surface area contributed by atoms with Crippen LogP contribution < -0.4 is 14.4 Å². The molecule has 0 fully saturated rings. The van der Waals surface area contributed by atoms with Crippen LogP contribution in [-0.4, -0.2) is 51.4 Å². The molecule has 208 valence electrons. The summed E-state index contributed by atoms with van der Waals surface area (Å²) in [5, 5.41) is 3.04. The normalized spacial score (nSPS) is 11.9. The minimum absolute atomic E-state index is 0.0238. The lowest BCUT2D eigenvalue weighted by atomic mass is 10.1. The number of hydrogen-bond donors (Lipinski definition) is 1. The number of anilines is 1. The van der Waals surface area contributed by atoms with Crippen molar-refractivity contribution in [2.75, 3.05) is 24.5 Å². The van der Waals surface area contributed by atoms with Gasteiger partial charge < -0.3 is 15.0 Å². The zero-order valence-corrected chi connectivity index (χ0v) is 24.1. The molecule has 3 aromatic carbocycles. The van der Waals surface area contributed by atoms with E-state index >= 15 is 0 Å². The molecule has 8 nitrogen and oxygen atoms in total. The quantitative estimate of drug-likeness (QED) is 0.337. The van der Waals surface area contributed by atoms with E-state index in [2.05, 4.69) is 5.32 Å². The number of nitrogens with zero attached hydrogens (tertiary/aromatic N) is 2. The number of sulfonamides is 1. The largest absolute Gasteiger partial charge is 0.492 e. The molecule has 1 N–H and O–H groups in total. The van der Waals surface area contributed by atoms with Crippen molar-refractivity contribution in [1.82, 2.24) is 10.2 Å². The summed E-state index contributed by atoms with van der Waals surface area (Å²) in [5.74, 6) is -0.604. The van der Waals surface area contributed by atoms with Gasteiger partial charge in [0.25, 0.3) is 10.0 Å². The second-order valence-corrected chi connectivity index (χ2v) is 11.1. The molecule has 0 aromatic heterocycles. The number of nitrogens with one attached hydrogen (secondary N) is 1. The topological polar surface area (TPSA) is 96.0 Å². The van der Waals surface area contributed by atoms with Crippen molar-refractivity contribution in [3.8, 4) is 5.75 Å². The summed E-state index contributed by atoms with van der Waals surface area (Å²) < 4.78 is 34.8. The molecule has 1 unspecified atom stereocenters. The highest BCUT2D eigenvalue weighted by atomic mass is 35.5. The monoisotopic (exact) mass is 571 g/mol. The molecule has 3 aromatic rings. The van der Waals surface area contributed by atoms with Crippen molar-refractivity contribution in [2.24, 2.45) is 0 Å². The molecule has 0 radical (unpaired) electrons. The molecule has 0 heterocycles. The molecule has 0 bridgehead atoms. The molecule has 0 spiro atoms. The molecule has 39 heavy (non-hydrogen) atoms. The number of halogens is 1. The van der Waals surface area contributed by atoms with Crippen LogP contribution in [0.15, 0.2) is 77.7 Å². The maximum absolute atomic E-state index is 14.0. The highest BCUT2D eigenvalue weighted by Crippen LogP contribution is 2.33. The minimum atomic E-state index is -4.20. The van der Waals surface area contributed by atoms with Gasteiger partial charge in [0.1, 0.15) is 18.3 Å². The first-order chi connectivity index (χ1) is 18.6. The zero-order valence-electron chi connectivity index (χ0n) is 22.6. The fourth-order valence-electron chi connectivity index (χ4n) is 4.19. The lowest BCUT2D eigenvalue weighted by Gasteiger charge is -2.33. The first-order valence-corrected chi connectivity index (χ1v) is 14.5. The fraction of sp³-hybridized carbons (Fsp3) is 0.310. The molecule has 3 rings (SSSR count). The van der Waals surface area contributed by atoms with Gasteiger partial charge in [-0.25, -0.2) is 8.42 Å². The third kappa shape index (κ3) is 7.10. The van der Waals surface area contributed by atoms with Crippen molar-refractivity contribution in [1.29, 1.82) is 0 Å². The lowest BCUT2D eigenvalue weighted by molar-refractivity contribution is -0.140. The van der Waals surface area contributed by atoms with Gasteiger partial charge in [0.05, 0.1) is 17.2 Å². The Labute approximate surface area is 235 Å². The van der Waals surface area contributed by atoms with E-state index < -0.39 is 28.5 Å². The van der Waals surface area contributed by atoms with Crippen molar-refractivity contribution >= 4 is 39.1 Å². The van der Waals surface area contributed by atoms with Gasteiger partial charge in [0.15, 0.2) is 0 Å². The number of ether oxygens (including phenoxy) is 1. The standard InChI is InChI=1S/C29H34ClN3O5S/c1-5-25(29(35)31-4)32(19-22-11-7-8-12-24(22)30)28(34)20-33(26-13-9-10-14-27(26)38-6-2)39(36,37)23-17-15-21(3)16-18-23/h7-18,25H,5-6,19-20H2,1-4H3,(H,31,35). The van der Waals surface area contributed by atoms with Gasteiger partial charge in [-0.05, 0) is 56.2 Å². The van der Waals surface area contributed by atoms with Crippen molar-refractivity contribution < 1.29 is 22.7 Å². The molecular formula is C29H34ClN3O5S. The smallest absolute Gasteiger partial charge is 0.264 e. The van der Waals surface area contributed by atoms with Crippen molar-refractivity contribution in [3.05, 3.63) is 88.9 Å². The van der Waals surface area contributed by atoms with E-state index in [0.29, 0.717) is 29.4 Å². The summed E-state index contributed by atoms with van der Waals surface area (Å²) in [7, 11) is -2.70. The van der Waals surface area contributed by atoms with Crippen LogP contribution in [0.1, 0.15) is 31.4 Å². The average Bonchev–Trinajstić information content (AvgIpc) is 2.93. The molecule has 0 aliphatic carbocycles. The summed E-state index contributed by atoms with van der Waals surface area (Å²) in [6, 6.07) is 19.3. The van der Waals surface area contributed by atoms with Crippen LogP contribution in [-0.2, 0) is 26.2 Å². The minimum Gasteiger partial charge on any atom is -0.492 e. The van der Waals surface area contributed by atoms with Crippen LogP contribution in [0.25, 0.3) is 0 Å². The van der Waals surface area contributed by atoms with Gasteiger partial charge >= 0.3 is 0 Å². The Bertz CT molecular complexity index is 1400. The number of benzene rings is 3. The summed E-state index contributed by atoms with van der Waals surface area (Å²) >= 11 is 6.40. The summed E-state index contributed by atoms with van der Waals surface area (Å²) in [6.07, 6.45) is 0.316. The molecular weight excluding hydrogens is 538 g/mol. The van der Waals surface area contributed by atoms with E-state index in [4.69, 9.17) is 16.3 Å². The summed E-state index contributed by atoms with van der Waals surface area (Å²) in [5.41, 5.74) is 1.75. The zero-order chi connectivity index (χ0) is 28.6. The number of amides is 2. The molecule has 0 aliphatic rings. The van der Waals surface area contributed by atoms with Gasteiger partial charge in [-0.15, -0.1) is 0 Å². The predicted octanol–water partition coefficient (Wildman–Crippen LogP) is 4.80. The second-order valence-electron chi connectivity index (χ2n) is 8.88. The third-order valence-corrected chi connectivity index (χ3v) is 8.40. The Kier molecular flexibility index (Phi) is 10.4. The lowest BCUT2D eigenvalue weighted by Crippen LogP contribution is -2.51. The predicted molar refractivity (Wildman–Crippen MR) is 153 cm³/mol. The van der Waals surface area contributed by atoms with Gasteiger partial charge in [0, 0.05) is 18.6 Å². The summed E-state index contributed by atoms with van der Waals surface area (Å²) in [6.45, 7) is 5.21. The summed E-state index contributed by atoms with van der Waals surface area (Å²) in [4.78, 5) is 28.2. The Morgan fingerprint density at radius 1 is 0.974 bits per heavy atom. The molecule has 1 atom stereocenters. The molecule has 2 amide bonds. The Morgan fingerprint density at radius 2 is 1.62 bits per heavy atom. The van der Waals surface area contributed by atoms with Crippen LogP contribution in [0.5, 0.6) is 5.75 Å². The van der Waals surface area contributed by atoms with Gasteiger partial charge in [-0.3, -0.25) is 13.9 Å². The first kappa shape index (κ1) is 30.0. The Balaban J connectivity index is 2.12. The van der Waals surface area contributed by atoms with Crippen LogP contribution in [0.2, 0.25) is 5.02 Å². The number of carbonyl (C=O) groups is 2. The number of aryl methyl sites for hydroxylation is 1. The molecule has 10 heteroatoms. The van der Waals surface area contributed by atoms with Crippen molar-refractivity contribution in [2.45, 2.75) is 44.7 Å². The molecule has 0 saturated heterocycles. The van der Waals surface area contributed by atoms with E-state index in [1.807, 2.05) is 6.92 Å². The van der Waals surface area contributed by atoms with Gasteiger partial charge in [-0.1, -0.05) is 66.6 Å². The van der Waals surface area contributed by atoms with Crippen LogP contribution in [0, 0.1) is 6.92 Å². The number of likely N-dealkylation sites (N-methyl/N-ethyl adjacent to an activating group) is 1. The second kappa shape index (κ2) is 13.5. The maximum Gasteiger partial charge on any atom is 0.264 e. The van der Waals surface area contributed by atoms with E-state index in [1.54, 1.807) is 74.5 Å². The number of rotatable bonds is 12. The van der Waals surface area contributed by atoms with Gasteiger partial charge in [-0.2, -0.15) is 0 Å². The number of carbonyl (C=O) groups excluding carboxylic acids is 2. The first-order valence-electron chi connectivity index (χ1n) is 12.7. The average molecular weight is 572 g/mol. The van der Waals surface area contributed by atoms with E-state index in [9.17, 15) is 18.0 Å². The number of para-hydroxylation sites is 2. The van der Waals surface area contributed by atoms with Crippen LogP contribution in [0.3, 0.4) is 0 Å². The van der Waals surface area contributed by atoms with E-state index in [1.165, 1.54) is 24.1 Å². The van der Waals surface area contributed by atoms with E-state index in [0.717, 1.165) is 9.87 Å². The van der Waals surface area contributed by atoms with Crippen molar-refractivity contribution in [3.63, 3.8) is 0 Å². The molecule has 0 aliphatic heterocycles. The SMILES string of the molecule is CCOc1ccccc1N(CC(=O)N(Cc1ccccc1Cl)C(CC)C(=O)NC)S(=O)(=O)c1ccc(C)cc1. The maximum atomic E-state index is 14.0. The Hall–Kier alpha value is -3.56. The van der Waals surface area contributed by atoms with Crippen LogP contribution in [0.4, 0.5) is 5.69 Å². The number of hydrogen-bond acceptors (Lipinski definition) is 5.